The van der Waals surface area contributed by atoms with Crippen LogP contribution in [0.15, 0.2) is 24.5 Å². The summed E-state index contributed by atoms with van der Waals surface area (Å²) < 4.78 is 0. The number of rotatable bonds is 5. The Hall–Kier alpha value is -1.95. The van der Waals surface area contributed by atoms with Gasteiger partial charge < -0.3 is 10.6 Å². The normalized spacial score (nSPS) is 10.2. The van der Waals surface area contributed by atoms with Gasteiger partial charge in [0.05, 0.1) is 6.54 Å². The highest BCUT2D eigenvalue weighted by Crippen LogP contribution is 2.14. The minimum Gasteiger partial charge on any atom is -0.378 e. The summed E-state index contributed by atoms with van der Waals surface area (Å²) in [5.41, 5.74) is 1.28. The lowest BCUT2D eigenvalue weighted by molar-refractivity contribution is 0.0951. The average Bonchev–Trinajstić information content (AvgIpc) is 2.83. The molecule has 2 rings (SSSR count). The number of hydrogen-bond donors (Lipinski definition) is 2. The van der Waals surface area contributed by atoms with Crippen LogP contribution in [-0.2, 0) is 6.54 Å². The molecule has 2 heterocycles. The smallest absolute Gasteiger partial charge is 0.269 e. The van der Waals surface area contributed by atoms with Crippen LogP contribution in [0.1, 0.15) is 27.3 Å². The highest BCUT2D eigenvalue weighted by Gasteiger charge is 2.06. The van der Waals surface area contributed by atoms with E-state index in [2.05, 4.69) is 20.6 Å². The van der Waals surface area contributed by atoms with Gasteiger partial charge in [-0.25, -0.2) is 4.98 Å². The van der Waals surface area contributed by atoms with Crippen LogP contribution >= 0.6 is 11.3 Å². The molecule has 0 unspecified atom stereocenters. The average molecular weight is 276 g/mol. The first kappa shape index (κ1) is 13.5. The number of pyridine rings is 1. The number of aromatic nitrogens is 2. The Bertz CT molecular complexity index is 567. The predicted molar refractivity (Wildman–Crippen MR) is 76.4 cm³/mol. The minimum absolute atomic E-state index is 0.156. The number of carbonyl (C=O) groups is 1. The van der Waals surface area contributed by atoms with Crippen molar-refractivity contribution in [2.45, 2.75) is 20.4 Å². The zero-order valence-electron chi connectivity index (χ0n) is 10.9. The lowest BCUT2D eigenvalue weighted by Crippen LogP contribution is -2.23. The largest absolute Gasteiger partial charge is 0.378 e. The van der Waals surface area contributed by atoms with E-state index in [4.69, 9.17) is 0 Å². The molecule has 100 valence electrons. The van der Waals surface area contributed by atoms with E-state index in [1.165, 1.54) is 4.88 Å². The maximum absolute atomic E-state index is 11.7. The Morgan fingerprint density at radius 1 is 1.42 bits per heavy atom. The van der Waals surface area contributed by atoms with Crippen molar-refractivity contribution in [2.75, 3.05) is 11.9 Å². The topological polar surface area (TPSA) is 66.9 Å². The fourth-order valence-electron chi connectivity index (χ4n) is 1.58. The second-order valence-electron chi connectivity index (χ2n) is 4.01. The molecule has 0 aliphatic carbocycles. The molecule has 0 aliphatic rings. The van der Waals surface area contributed by atoms with Gasteiger partial charge in [0.2, 0.25) is 0 Å². The molecule has 0 aliphatic heterocycles. The molecule has 0 bridgehead atoms. The minimum atomic E-state index is -0.156. The molecular weight excluding hydrogens is 260 g/mol. The first-order valence-electron chi connectivity index (χ1n) is 6.08. The van der Waals surface area contributed by atoms with E-state index in [9.17, 15) is 4.79 Å². The number of aryl methyl sites for hydroxylation is 1. The molecule has 0 atom stereocenters. The summed E-state index contributed by atoms with van der Waals surface area (Å²) in [6.45, 7) is 5.15. The molecule has 1 amide bonds. The number of nitrogens with zero attached hydrogens (tertiary/aromatic N) is 2. The second kappa shape index (κ2) is 6.29. The van der Waals surface area contributed by atoms with Crippen LogP contribution in [0.25, 0.3) is 0 Å². The van der Waals surface area contributed by atoms with Crippen LogP contribution < -0.4 is 10.6 Å². The van der Waals surface area contributed by atoms with Crippen molar-refractivity contribution in [1.29, 1.82) is 0 Å². The Balaban J connectivity index is 2.00. The van der Waals surface area contributed by atoms with E-state index in [0.717, 1.165) is 10.7 Å². The second-order valence-corrected chi connectivity index (χ2v) is 5.33. The lowest BCUT2D eigenvalue weighted by Gasteiger charge is -2.06. The summed E-state index contributed by atoms with van der Waals surface area (Å²) in [5, 5.41) is 6.99. The van der Waals surface area contributed by atoms with Crippen molar-refractivity contribution in [2.24, 2.45) is 0 Å². The van der Waals surface area contributed by atoms with Crippen LogP contribution in [0.2, 0.25) is 0 Å². The number of anilines is 1. The molecule has 0 fully saturated rings. The third kappa shape index (κ3) is 3.75. The fourth-order valence-corrected chi connectivity index (χ4v) is 2.30. The summed E-state index contributed by atoms with van der Waals surface area (Å²) in [6, 6.07) is 3.58. The zero-order valence-corrected chi connectivity index (χ0v) is 11.8. The third-order valence-corrected chi connectivity index (χ3v) is 3.36. The van der Waals surface area contributed by atoms with Gasteiger partial charge in [0, 0.05) is 29.5 Å². The molecule has 2 N–H and O–H groups in total. The van der Waals surface area contributed by atoms with Crippen LogP contribution in [0, 0.1) is 6.92 Å². The third-order valence-electron chi connectivity index (χ3n) is 2.44. The fraction of sp³-hybridized carbons (Fsp3) is 0.308. The molecular formula is C13H16N4OS. The SMILES string of the molecule is CCNC(=O)c1cc(NCc2ncc(C)s2)ccn1. The van der Waals surface area contributed by atoms with E-state index in [1.807, 2.05) is 26.1 Å². The maximum Gasteiger partial charge on any atom is 0.269 e. The molecule has 5 nitrogen and oxygen atoms in total. The Morgan fingerprint density at radius 2 is 2.26 bits per heavy atom. The molecule has 0 saturated heterocycles. The van der Waals surface area contributed by atoms with E-state index >= 15 is 0 Å². The van der Waals surface area contributed by atoms with Gasteiger partial charge in [-0.15, -0.1) is 11.3 Å². The van der Waals surface area contributed by atoms with E-state index in [1.54, 1.807) is 23.6 Å². The van der Waals surface area contributed by atoms with E-state index < -0.39 is 0 Å². The number of thiazole rings is 1. The Kier molecular flexibility index (Phi) is 4.46. The molecule has 0 radical (unpaired) electrons. The van der Waals surface area contributed by atoms with Crippen LogP contribution in [0.5, 0.6) is 0 Å². The molecule has 0 aromatic carbocycles. The highest BCUT2D eigenvalue weighted by molar-refractivity contribution is 7.11. The van der Waals surface area contributed by atoms with E-state index in [-0.39, 0.29) is 5.91 Å². The van der Waals surface area contributed by atoms with Crippen molar-refractivity contribution in [1.82, 2.24) is 15.3 Å². The Morgan fingerprint density at radius 3 is 2.95 bits per heavy atom. The van der Waals surface area contributed by atoms with E-state index in [0.29, 0.717) is 18.8 Å². The summed E-state index contributed by atoms with van der Waals surface area (Å²) in [7, 11) is 0. The molecule has 19 heavy (non-hydrogen) atoms. The van der Waals surface area contributed by atoms with Gasteiger partial charge in [-0.2, -0.15) is 0 Å². The molecule has 0 spiro atoms. The molecule has 2 aromatic heterocycles. The number of hydrogen-bond acceptors (Lipinski definition) is 5. The molecule has 2 aromatic rings. The highest BCUT2D eigenvalue weighted by atomic mass is 32.1. The zero-order chi connectivity index (χ0) is 13.7. The van der Waals surface area contributed by atoms with Crippen molar-refractivity contribution < 1.29 is 4.79 Å². The van der Waals surface area contributed by atoms with Gasteiger partial charge in [0.25, 0.3) is 5.91 Å². The summed E-state index contributed by atoms with van der Waals surface area (Å²) in [4.78, 5) is 21.2. The predicted octanol–water partition coefficient (Wildman–Crippen LogP) is 2.21. The van der Waals surface area contributed by atoms with Gasteiger partial charge in [-0.05, 0) is 26.0 Å². The Labute approximate surface area is 116 Å². The number of carbonyl (C=O) groups excluding carboxylic acids is 1. The maximum atomic E-state index is 11.7. The molecule has 6 heteroatoms. The van der Waals surface area contributed by atoms with Crippen molar-refractivity contribution in [3.05, 3.63) is 40.1 Å². The van der Waals surface area contributed by atoms with Crippen LogP contribution in [-0.4, -0.2) is 22.4 Å². The van der Waals surface area contributed by atoms with Gasteiger partial charge >= 0.3 is 0 Å². The number of amides is 1. The standard InChI is InChI=1S/C13H16N4OS/c1-3-14-13(18)11-6-10(4-5-15-11)16-8-12-17-7-9(2)19-12/h4-7H,3,8H2,1-2H3,(H,14,18)(H,15,16). The van der Waals surface area contributed by atoms with Gasteiger partial charge in [-0.1, -0.05) is 0 Å². The van der Waals surface area contributed by atoms with Crippen molar-refractivity contribution in [3.63, 3.8) is 0 Å². The first-order chi connectivity index (χ1) is 9.19. The van der Waals surface area contributed by atoms with Gasteiger partial charge in [0.15, 0.2) is 0 Å². The van der Waals surface area contributed by atoms with Gasteiger partial charge in [-0.3, -0.25) is 9.78 Å². The molecule has 0 saturated carbocycles. The number of nitrogens with one attached hydrogen (secondary N) is 2. The quantitative estimate of drug-likeness (QED) is 0.878. The van der Waals surface area contributed by atoms with Crippen molar-refractivity contribution in [3.8, 4) is 0 Å². The lowest BCUT2D eigenvalue weighted by atomic mass is 10.3. The van der Waals surface area contributed by atoms with Crippen molar-refractivity contribution >= 4 is 22.9 Å². The summed E-state index contributed by atoms with van der Waals surface area (Å²) in [5.74, 6) is -0.156. The summed E-state index contributed by atoms with van der Waals surface area (Å²) >= 11 is 1.66. The monoisotopic (exact) mass is 276 g/mol. The summed E-state index contributed by atoms with van der Waals surface area (Å²) in [6.07, 6.45) is 3.48. The van der Waals surface area contributed by atoms with Gasteiger partial charge in [0.1, 0.15) is 10.7 Å². The first-order valence-corrected chi connectivity index (χ1v) is 6.90. The van der Waals surface area contributed by atoms with Crippen LogP contribution in [0.4, 0.5) is 5.69 Å². The van der Waals surface area contributed by atoms with Crippen LogP contribution in [0.3, 0.4) is 0 Å².